The van der Waals surface area contributed by atoms with Crippen molar-refractivity contribution < 1.29 is 4.74 Å². The van der Waals surface area contributed by atoms with Crippen LogP contribution >= 0.6 is 11.9 Å². The second kappa shape index (κ2) is 4.63. The van der Waals surface area contributed by atoms with Crippen LogP contribution in [0.1, 0.15) is 38.9 Å². The lowest BCUT2D eigenvalue weighted by Gasteiger charge is -2.28. The second-order valence-electron chi connectivity index (χ2n) is 4.91. The van der Waals surface area contributed by atoms with E-state index in [4.69, 9.17) is 4.74 Å². The Balaban J connectivity index is 2.07. The first kappa shape index (κ1) is 11.7. The molecule has 88 valence electrons. The summed E-state index contributed by atoms with van der Waals surface area (Å²) in [5, 5.41) is 0. The molecular weight excluding hydrogens is 220 g/mol. The van der Waals surface area contributed by atoms with E-state index in [2.05, 4.69) is 30.5 Å². The molecule has 0 aromatic carbocycles. The van der Waals surface area contributed by atoms with Gasteiger partial charge >= 0.3 is 0 Å². The van der Waals surface area contributed by atoms with Crippen molar-refractivity contribution in [2.24, 2.45) is 0 Å². The van der Waals surface area contributed by atoms with Crippen LogP contribution in [0.4, 0.5) is 0 Å². The molecule has 1 atom stereocenters. The summed E-state index contributed by atoms with van der Waals surface area (Å²) in [5.41, 5.74) is 1.03. The van der Waals surface area contributed by atoms with Crippen LogP contribution in [-0.2, 0) is 0 Å². The van der Waals surface area contributed by atoms with Gasteiger partial charge in [0.05, 0.1) is 12.6 Å². The van der Waals surface area contributed by atoms with Crippen LogP contribution in [-0.4, -0.2) is 16.3 Å². The minimum atomic E-state index is 0.216. The smallest absolute Gasteiger partial charge is 0.142 e. The first-order chi connectivity index (χ1) is 7.56. The van der Waals surface area contributed by atoms with E-state index in [9.17, 15) is 0 Å². The maximum absolute atomic E-state index is 5.57. The van der Waals surface area contributed by atoms with Crippen LogP contribution in [0, 0.1) is 0 Å². The molecule has 0 amide bonds. The molecular formula is C12H18N2OS. The normalized spacial score (nSPS) is 20.1. The van der Waals surface area contributed by atoms with E-state index >= 15 is 0 Å². The van der Waals surface area contributed by atoms with Gasteiger partial charge in [-0.05, 0) is 32.9 Å². The van der Waals surface area contributed by atoms with Gasteiger partial charge in [-0.15, -0.1) is 0 Å². The molecule has 1 N–H and O–H groups in total. The van der Waals surface area contributed by atoms with Crippen molar-refractivity contribution in [1.29, 1.82) is 0 Å². The van der Waals surface area contributed by atoms with Crippen LogP contribution in [0.2, 0.25) is 0 Å². The molecule has 1 aromatic heterocycles. The van der Waals surface area contributed by atoms with Gasteiger partial charge in [-0.25, -0.2) is 0 Å². The van der Waals surface area contributed by atoms with Gasteiger partial charge < -0.3 is 4.74 Å². The number of nitrogens with zero attached hydrogens (tertiary/aromatic N) is 1. The number of fused-ring (bicyclic) bond motifs is 1. The zero-order valence-electron chi connectivity index (χ0n) is 9.99. The molecule has 3 nitrogen and oxygen atoms in total. The maximum Gasteiger partial charge on any atom is 0.142 e. The van der Waals surface area contributed by atoms with E-state index in [0.717, 1.165) is 24.5 Å². The van der Waals surface area contributed by atoms with Crippen molar-refractivity contribution in [2.75, 3.05) is 6.61 Å². The lowest BCUT2D eigenvalue weighted by molar-refractivity contribution is 0.260. The Labute approximate surface area is 101 Å². The summed E-state index contributed by atoms with van der Waals surface area (Å²) in [5.74, 6) is 0.917. The first-order valence-corrected chi connectivity index (χ1v) is 6.39. The molecule has 1 aromatic rings. The summed E-state index contributed by atoms with van der Waals surface area (Å²) in [6.07, 6.45) is 2.80. The summed E-state index contributed by atoms with van der Waals surface area (Å²) in [7, 11) is 0. The van der Waals surface area contributed by atoms with Crippen LogP contribution in [0.15, 0.2) is 18.3 Å². The zero-order chi connectivity index (χ0) is 11.6. The Bertz CT molecular complexity index is 362. The molecule has 0 bridgehead atoms. The summed E-state index contributed by atoms with van der Waals surface area (Å²) >= 11 is 1.76. The third-order valence-electron chi connectivity index (χ3n) is 2.30. The fourth-order valence-electron chi connectivity index (χ4n) is 1.57. The Morgan fingerprint density at radius 2 is 2.31 bits per heavy atom. The fraction of sp³-hybridized carbons (Fsp3) is 0.583. The lowest BCUT2D eigenvalue weighted by Crippen LogP contribution is -2.27. The predicted molar refractivity (Wildman–Crippen MR) is 67.6 cm³/mol. The van der Waals surface area contributed by atoms with Gasteiger partial charge in [0.2, 0.25) is 0 Å². The fourth-order valence-corrected chi connectivity index (χ4v) is 2.30. The molecule has 2 rings (SSSR count). The molecule has 0 aliphatic carbocycles. The van der Waals surface area contributed by atoms with Gasteiger partial charge in [0, 0.05) is 17.4 Å². The third kappa shape index (κ3) is 2.89. The maximum atomic E-state index is 5.57. The molecule has 0 unspecified atom stereocenters. The van der Waals surface area contributed by atoms with Crippen molar-refractivity contribution >= 4 is 11.9 Å². The highest BCUT2D eigenvalue weighted by Gasteiger charge is 2.24. The van der Waals surface area contributed by atoms with Crippen molar-refractivity contribution in [3.63, 3.8) is 0 Å². The van der Waals surface area contributed by atoms with Gasteiger partial charge in [0.25, 0.3) is 0 Å². The first-order valence-electron chi connectivity index (χ1n) is 5.57. The van der Waals surface area contributed by atoms with Crippen LogP contribution in [0.25, 0.3) is 0 Å². The summed E-state index contributed by atoms with van der Waals surface area (Å²) in [6.45, 7) is 7.36. The summed E-state index contributed by atoms with van der Waals surface area (Å²) in [6, 6.07) is 4.20. The summed E-state index contributed by atoms with van der Waals surface area (Å²) < 4.78 is 9.28. The van der Waals surface area contributed by atoms with Crippen LogP contribution < -0.4 is 9.46 Å². The van der Waals surface area contributed by atoms with E-state index in [1.807, 2.05) is 18.3 Å². The Hall–Kier alpha value is -0.740. The monoisotopic (exact) mass is 238 g/mol. The van der Waals surface area contributed by atoms with E-state index < -0.39 is 0 Å². The van der Waals surface area contributed by atoms with E-state index in [1.165, 1.54) is 0 Å². The zero-order valence-corrected chi connectivity index (χ0v) is 10.8. The average Bonchev–Trinajstić information content (AvgIpc) is 2.25. The van der Waals surface area contributed by atoms with Crippen molar-refractivity contribution in [3.8, 4) is 5.75 Å². The highest BCUT2D eigenvalue weighted by atomic mass is 32.2. The molecule has 1 aliphatic rings. The number of rotatable bonds is 2. The predicted octanol–water partition coefficient (Wildman–Crippen LogP) is 2.94. The van der Waals surface area contributed by atoms with Crippen molar-refractivity contribution in [3.05, 3.63) is 24.0 Å². The van der Waals surface area contributed by atoms with Crippen LogP contribution in [0.3, 0.4) is 0 Å². The standard InChI is InChI=1S/C12H18N2OS/c1-12(2,3)16-14-9-6-8-15-10-5-4-7-13-11(9)10/h4-5,7,9,14H,6,8H2,1-3H3/t9-/m1/s1. The molecule has 16 heavy (non-hydrogen) atoms. The van der Waals surface area contributed by atoms with Crippen molar-refractivity contribution in [2.45, 2.75) is 38.0 Å². The third-order valence-corrected chi connectivity index (χ3v) is 3.32. The number of ether oxygens (including phenoxy) is 1. The molecule has 2 heterocycles. The van der Waals surface area contributed by atoms with Crippen LogP contribution in [0.5, 0.6) is 5.75 Å². The largest absolute Gasteiger partial charge is 0.492 e. The molecule has 1 aliphatic heterocycles. The second-order valence-corrected chi connectivity index (χ2v) is 6.57. The van der Waals surface area contributed by atoms with E-state index in [-0.39, 0.29) is 4.75 Å². The molecule has 0 spiro atoms. The number of hydrogen-bond acceptors (Lipinski definition) is 4. The number of pyridine rings is 1. The molecule has 0 saturated carbocycles. The minimum Gasteiger partial charge on any atom is -0.492 e. The highest BCUT2D eigenvalue weighted by molar-refractivity contribution is 7.98. The molecule has 0 saturated heterocycles. The van der Waals surface area contributed by atoms with Gasteiger partial charge in [-0.3, -0.25) is 9.71 Å². The van der Waals surface area contributed by atoms with E-state index in [0.29, 0.717) is 6.04 Å². The highest BCUT2D eigenvalue weighted by Crippen LogP contribution is 2.33. The SMILES string of the molecule is CC(C)(C)SN[C@@H]1CCOc2cccnc21. The topological polar surface area (TPSA) is 34.1 Å². The Morgan fingerprint density at radius 3 is 3.06 bits per heavy atom. The van der Waals surface area contributed by atoms with Gasteiger partial charge in [-0.1, -0.05) is 11.9 Å². The minimum absolute atomic E-state index is 0.216. The van der Waals surface area contributed by atoms with Gasteiger partial charge in [-0.2, -0.15) is 0 Å². The molecule has 0 fully saturated rings. The number of hydrogen-bond donors (Lipinski definition) is 1. The quantitative estimate of drug-likeness (QED) is 0.803. The van der Waals surface area contributed by atoms with Crippen molar-refractivity contribution in [1.82, 2.24) is 9.71 Å². The number of aromatic nitrogens is 1. The Kier molecular flexibility index (Phi) is 3.40. The molecule has 0 radical (unpaired) electrons. The van der Waals surface area contributed by atoms with E-state index in [1.54, 1.807) is 11.9 Å². The lowest BCUT2D eigenvalue weighted by atomic mass is 10.1. The number of nitrogens with one attached hydrogen (secondary N) is 1. The Morgan fingerprint density at radius 1 is 1.50 bits per heavy atom. The molecule has 4 heteroatoms. The van der Waals surface area contributed by atoms with Gasteiger partial charge in [0.15, 0.2) is 0 Å². The summed E-state index contributed by atoms with van der Waals surface area (Å²) in [4.78, 5) is 4.40. The average molecular weight is 238 g/mol. The van der Waals surface area contributed by atoms with Gasteiger partial charge in [0.1, 0.15) is 11.4 Å².